The predicted molar refractivity (Wildman–Crippen MR) is 64.1 cm³/mol. The fraction of sp³-hybridized carbons (Fsp3) is 0.636. The van der Waals surface area contributed by atoms with Gasteiger partial charge in [-0.3, -0.25) is 10.6 Å². The second kappa shape index (κ2) is 7.03. The van der Waals surface area contributed by atoms with Crippen LogP contribution in [-0.4, -0.2) is 38.6 Å². The van der Waals surface area contributed by atoms with Gasteiger partial charge in [0.2, 0.25) is 0 Å². The lowest BCUT2D eigenvalue weighted by molar-refractivity contribution is -0.143. The van der Waals surface area contributed by atoms with E-state index >= 15 is 0 Å². The number of nitrogens with one attached hydrogen (secondary N) is 1. The van der Waals surface area contributed by atoms with E-state index in [4.69, 9.17) is 10.9 Å². The third kappa shape index (κ3) is 4.54. The molecule has 1 aromatic heterocycles. The topological polar surface area (TPSA) is 95.2 Å². The second-order valence-corrected chi connectivity index (χ2v) is 4.08. The lowest BCUT2D eigenvalue weighted by atomic mass is 10.1. The van der Waals surface area contributed by atoms with E-state index in [2.05, 4.69) is 16.9 Å². The Labute approximate surface area is 101 Å². The minimum atomic E-state index is -0.904. The molecule has 1 atom stereocenters. The van der Waals surface area contributed by atoms with Gasteiger partial charge >= 0.3 is 5.97 Å². The number of rotatable bonds is 8. The van der Waals surface area contributed by atoms with E-state index < -0.39 is 12.0 Å². The maximum Gasteiger partial charge on any atom is 0.322 e. The smallest absolute Gasteiger partial charge is 0.322 e. The summed E-state index contributed by atoms with van der Waals surface area (Å²) in [7, 11) is 0. The summed E-state index contributed by atoms with van der Waals surface area (Å²) >= 11 is 0. The Bertz CT molecular complexity index is 326. The minimum Gasteiger partial charge on any atom is -0.480 e. The lowest BCUT2D eigenvalue weighted by Crippen LogP contribution is -2.47. The Morgan fingerprint density at radius 2 is 2.41 bits per heavy atom. The molecule has 0 unspecified atom stereocenters. The Hall–Kier alpha value is -1.40. The van der Waals surface area contributed by atoms with Crippen molar-refractivity contribution in [3.63, 3.8) is 0 Å². The summed E-state index contributed by atoms with van der Waals surface area (Å²) in [6.07, 6.45) is 6.57. The van der Waals surface area contributed by atoms with Crippen LogP contribution in [0.3, 0.4) is 0 Å². The van der Waals surface area contributed by atoms with Gasteiger partial charge in [0.05, 0.1) is 6.33 Å². The Morgan fingerprint density at radius 3 is 2.94 bits per heavy atom. The molecule has 6 nitrogen and oxygen atoms in total. The molecule has 1 rings (SSSR count). The number of hydrazine groups is 1. The molecule has 6 heteroatoms. The Morgan fingerprint density at radius 1 is 1.65 bits per heavy atom. The molecular weight excluding hydrogens is 220 g/mol. The van der Waals surface area contributed by atoms with E-state index in [1.807, 2.05) is 0 Å². The van der Waals surface area contributed by atoms with Gasteiger partial charge in [-0.25, -0.2) is 9.99 Å². The van der Waals surface area contributed by atoms with Crippen molar-refractivity contribution in [2.45, 2.75) is 38.6 Å². The highest BCUT2D eigenvalue weighted by molar-refractivity contribution is 5.73. The zero-order valence-electron chi connectivity index (χ0n) is 10.1. The van der Waals surface area contributed by atoms with Crippen molar-refractivity contribution in [3.05, 3.63) is 18.2 Å². The van der Waals surface area contributed by atoms with Crippen LogP contribution in [0.2, 0.25) is 0 Å². The molecule has 0 fully saturated rings. The summed E-state index contributed by atoms with van der Waals surface area (Å²) < 4.78 is 0. The predicted octanol–water partition coefficient (Wildman–Crippen LogP) is 0.771. The van der Waals surface area contributed by atoms with Crippen LogP contribution in [0.4, 0.5) is 0 Å². The summed E-state index contributed by atoms with van der Waals surface area (Å²) in [4.78, 5) is 17.9. The number of carboxylic acid groups (broad SMARTS) is 1. The molecule has 1 aromatic rings. The Balaban J connectivity index is 2.50. The molecule has 0 aliphatic carbocycles. The number of hydrogen-bond acceptors (Lipinski definition) is 4. The molecule has 17 heavy (non-hydrogen) atoms. The number of unbranched alkanes of at least 4 members (excludes halogenated alkanes) is 2. The monoisotopic (exact) mass is 240 g/mol. The van der Waals surface area contributed by atoms with Crippen LogP contribution in [0.25, 0.3) is 0 Å². The van der Waals surface area contributed by atoms with Crippen LogP contribution in [0, 0.1) is 0 Å². The van der Waals surface area contributed by atoms with Crippen molar-refractivity contribution in [2.24, 2.45) is 5.84 Å². The highest BCUT2D eigenvalue weighted by atomic mass is 16.4. The number of aliphatic carboxylic acids is 1. The molecule has 0 bridgehead atoms. The summed E-state index contributed by atoms with van der Waals surface area (Å²) in [5, 5.41) is 10.5. The first-order valence-corrected chi connectivity index (χ1v) is 5.86. The van der Waals surface area contributed by atoms with Gasteiger partial charge in [-0.2, -0.15) is 0 Å². The number of nitrogens with zero attached hydrogens (tertiary/aromatic N) is 2. The number of nitrogens with two attached hydrogens (primary N) is 1. The molecule has 0 aromatic carbocycles. The number of hydrogen-bond donors (Lipinski definition) is 3. The van der Waals surface area contributed by atoms with Gasteiger partial charge in [0.1, 0.15) is 6.04 Å². The first-order chi connectivity index (χ1) is 8.15. The van der Waals surface area contributed by atoms with E-state index in [0.717, 1.165) is 25.0 Å². The van der Waals surface area contributed by atoms with E-state index in [1.54, 1.807) is 6.20 Å². The van der Waals surface area contributed by atoms with Gasteiger partial charge in [0.25, 0.3) is 0 Å². The van der Waals surface area contributed by atoms with Crippen LogP contribution in [-0.2, 0) is 11.2 Å². The van der Waals surface area contributed by atoms with Crippen molar-refractivity contribution >= 4 is 5.97 Å². The summed E-state index contributed by atoms with van der Waals surface area (Å²) in [5.41, 5.74) is 0.781. The third-order valence-corrected chi connectivity index (χ3v) is 2.67. The molecule has 0 saturated heterocycles. The molecular formula is C11H20N4O2. The number of H-pyrrole nitrogens is 1. The van der Waals surface area contributed by atoms with Crippen LogP contribution >= 0.6 is 0 Å². The summed E-state index contributed by atoms with van der Waals surface area (Å²) in [6.45, 7) is 2.69. The second-order valence-electron chi connectivity index (χ2n) is 4.08. The maximum atomic E-state index is 11.1. The van der Waals surface area contributed by atoms with Gasteiger partial charge in [0.15, 0.2) is 0 Å². The van der Waals surface area contributed by atoms with Crippen molar-refractivity contribution in [1.82, 2.24) is 15.0 Å². The standard InChI is InChI=1S/C11H20N4O2/c1-2-3-4-5-15(12)10(11(16)17)6-9-7-13-8-14-9/h7-8,10H,2-6,12H2,1H3,(H,13,14)(H,16,17)/t10-/m0/s1. The third-order valence-electron chi connectivity index (χ3n) is 2.67. The highest BCUT2D eigenvalue weighted by Gasteiger charge is 2.23. The highest BCUT2D eigenvalue weighted by Crippen LogP contribution is 2.06. The van der Waals surface area contributed by atoms with Crippen LogP contribution in [0.5, 0.6) is 0 Å². The summed E-state index contributed by atoms with van der Waals surface area (Å²) in [5.74, 6) is 4.89. The molecule has 0 amide bonds. The molecule has 0 aliphatic heterocycles. The molecule has 0 radical (unpaired) electrons. The number of imidazole rings is 1. The number of carboxylic acids is 1. The maximum absolute atomic E-state index is 11.1. The molecule has 96 valence electrons. The number of aromatic amines is 1. The van der Waals surface area contributed by atoms with Gasteiger partial charge in [-0.05, 0) is 6.42 Å². The van der Waals surface area contributed by atoms with Crippen molar-refractivity contribution in [2.75, 3.05) is 6.54 Å². The molecule has 0 spiro atoms. The van der Waals surface area contributed by atoms with Crippen molar-refractivity contribution < 1.29 is 9.90 Å². The quantitative estimate of drug-likeness (QED) is 0.354. The fourth-order valence-electron chi connectivity index (χ4n) is 1.65. The van der Waals surface area contributed by atoms with E-state index in [0.29, 0.717) is 13.0 Å². The lowest BCUT2D eigenvalue weighted by Gasteiger charge is -2.23. The van der Waals surface area contributed by atoms with Gasteiger partial charge < -0.3 is 10.1 Å². The van der Waals surface area contributed by atoms with Gasteiger partial charge in [-0.1, -0.05) is 19.8 Å². The van der Waals surface area contributed by atoms with Crippen LogP contribution in [0.1, 0.15) is 31.9 Å². The molecule has 0 saturated carbocycles. The van der Waals surface area contributed by atoms with Gasteiger partial charge in [-0.15, -0.1) is 0 Å². The zero-order valence-corrected chi connectivity index (χ0v) is 10.1. The van der Waals surface area contributed by atoms with E-state index in [1.165, 1.54) is 11.3 Å². The number of carbonyl (C=O) groups is 1. The van der Waals surface area contributed by atoms with Crippen LogP contribution < -0.4 is 5.84 Å². The minimum absolute atomic E-state index is 0.345. The largest absolute Gasteiger partial charge is 0.480 e. The zero-order chi connectivity index (χ0) is 12.7. The fourth-order valence-corrected chi connectivity index (χ4v) is 1.65. The van der Waals surface area contributed by atoms with Crippen molar-refractivity contribution in [1.29, 1.82) is 0 Å². The summed E-state index contributed by atoms with van der Waals surface area (Å²) in [6, 6.07) is -0.702. The van der Waals surface area contributed by atoms with Crippen LogP contribution in [0.15, 0.2) is 12.5 Å². The van der Waals surface area contributed by atoms with E-state index in [9.17, 15) is 4.79 Å². The Kier molecular flexibility index (Phi) is 5.65. The molecule has 0 aliphatic rings. The molecule has 1 heterocycles. The van der Waals surface area contributed by atoms with Crippen molar-refractivity contribution in [3.8, 4) is 0 Å². The van der Waals surface area contributed by atoms with Gasteiger partial charge in [0, 0.05) is 24.9 Å². The average molecular weight is 240 g/mol. The first-order valence-electron chi connectivity index (χ1n) is 5.86. The average Bonchev–Trinajstić information content (AvgIpc) is 2.78. The SMILES string of the molecule is CCCCCN(N)[C@@H](Cc1cnc[nH]1)C(=O)O. The normalized spacial score (nSPS) is 12.9. The number of aromatic nitrogens is 2. The van der Waals surface area contributed by atoms with E-state index in [-0.39, 0.29) is 0 Å². The molecule has 4 N–H and O–H groups in total. The first kappa shape index (κ1) is 13.7.